The highest BCUT2D eigenvalue weighted by Gasteiger charge is 2.11. The van der Waals surface area contributed by atoms with Gasteiger partial charge < -0.3 is 9.73 Å². The number of hydrogen-bond donors (Lipinski definition) is 1. The van der Waals surface area contributed by atoms with Crippen molar-refractivity contribution in [2.75, 3.05) is 0 Å². The number of hydrogen-bond acceptors (Lipinski definition) is 3. The zero-order valence-corrected chi connectivity index (χ0v) is 12.0. The Labute approximate surface area is 127 Å². The van der Waals surface area contributed by atoms with E-state index in [1.165, 1.54) is 0 Å². The van der Waals surface area contributed by atoms with Crippen LogP contribution in [-0.4, -0.2) is 16.4 Å². The van der Waals surface area contributed by atoms with Crippen molar-refractivity contribution >= 4 is 22.7 Å². The van der Waals surface area contributed by atoms with Crippen molar-refractivity contribution in [1.82, 2.24) is 9.88 Å². The predicted octanol–water partition coefficient (Wildman–Crippen LogP) is 2.97. The van der Waals surface area contributed by atoms with Gasteiger partial charge in [-0.3, -0.25) is 14.2 Å². The van der Waals surface area contributed by atoms with Gasteiger partial charge in [-0.05, 0) is 24.3 Å². The van der Waals surface area contributed by atoms with Crippen molar-refractivity contribution in [3.8, 4) is 0 Å². The van der Waals surface area contributed by atoms with E-state index in [-0.39, 0.29) is 24.7 Å². The molecule has 0 spiro atoms. The smallest absolute Gasteiger partial charge is 0.231 e. The second-order valence-electron chi connectivity index (χ2n) is 4.99. The Morgan fingerprint density at radius 3 is 2.73 bits per heavy atom. The molecule has 0 unspecified atom stereocenters. The lowest BCUT2D eigenvalue weighted by Crippen LogP contribution is -2.23. The second kappa shape index (κ2) is 6.30. The third-order valence-electron chi connectivity index (χ3n) is 3.47. The molecule has 0 aliphatic carbocycles. The van der Waals surface area contributed by atoms with E-state index in [1.54, 1.807) is 29.2 Å². The fraction of sp³-hybridized carbons (Fsp3) is 0.176. The minimum Gasteiger partial charge on any atom is -0.467 e. The molecule has 1 aromatic carbocycles. The molecule has 0 fully saturated rings. The van der Waals surface area contributed by atoms with E-state index in [0.29, 0.717) is 12.3 Å². The lowest BCUT2D eigenvalue weighted by Gasteiger charge is -2.05. The van der Waals surface area contributed by atoms with Gasteiger partial charge in [-0.1, -0.05) is 18.2 Å². The average molecular weight is 296 g/mol. The average Bonchev–Trinajstić information content (AvgIpc) is 3.19. The van der Waals surface area contributed by atoms with Crippen LogP contribution in [0.4, 0.5) is 0 Å². The van der Waals surface area contributed by atoms with Gasteiger partial charge in [0, 0.05) is 24.4 Å². The van der Waals surface area contributed by atoms with E-state index in [2.05, 4.69) is 5.32 Å². The van der Waals surface area contributed by atoms with Crippen molar-refractivity contribution < 1.29 is 14.0 Å². The Kier molecular flexibility index (Phi) is 4.05. The number of benzene rings is 1. The molecule has 0 aliphatic rings. The van der Waals surface area contributed by atoms with Gasteiger partial charge in [0.15, 0.2) is 0 Å². The molecule has 2 aromatic heterocycles. The number of nitrogens with one attached hydrogen (secondary N) is 1. The molecule has 112 valence electrons. The number of carbonyl (C=O) groups is 2. The van der Waals surface area contributed by atoms with Gasteiger partial charge in [-0.15, -0.1) is 0 Å². The van der Waals surface area contributed by atoms with Crippen LogP contribution in [-0.2, 0) is 11.3 Å². The summed E-state index contributed by atoms with van der Waals surface area (Å²) in [6, 6.07) is 13.1. The molecule has 0 bridgehead atoms. The van der Waals surface area contributed by atoms with Gasteiger partial charge >= 0.3 is 0 Å². The lowest BCUT2D eigenvalue weighted by molar-refractivity contribution is -0.121. The number of carbonyl (C=O) groups excluding carboxylic acids is 2. The van der Waals surface area contributed by atoms with Crippen LogP contribution >= 0.6 is 0 Å². The van der Waals surface area contributed by atoms with E-state index < -0.39 is 0 Å². The number of fused-ring (bicyclic) bond motifs is 1. The van der Waals surface area contributed by atoms with Gasteiger partial charge in [0.1, 0.15) is 5.76 Å². The molecule has 22 heavy (non-hydrogen) atoms. The van der Waals surface area contributed by atoms with Gasteiger partial charge in [0.25, 0.3) is 0 Å². The summed E-state index contributed by atoms with van der Waals surface area (Å²) in [7, 11) is 0. The molecule has 5 heteroatoms. The maximum atomic E-state index is 12.2. The maximum absolute atomic E-state index is 12.2. The van der Waals surface area contributed by atoms with Crippen molar-refractivity contribution in [2.45, 2.75) is 19.4 Å². The molecule has 0 atom stereocenters. The standard InChI is InChI=1S/C17H16N2O3/c20-16(18-12-14-5-3-11-22-14)7-8-17(21)19-10-9-13-4-1-2-6-15(13)19/h1-6,9-11H,7-8,12H2,(H,18,20). The predicted molar refractivity (Wildman–Crippen MR) is 82.4 cm³/mol. The fourth-order valence-corrected chi connectivity index (χ4v) is 2.33. The SMILES string of the molecule is O=C(CCC(=O)n1ccc2ccccc21)NCc1ccco1. The largest absolute Gasteiger partial charge is 0.467 e. The normalized spacial score (nSPS) is 10.7. The highest BCUT2D eigenvalue weighted by molar-refractivity contribution is 5.93. The van der Waals surface area contributed by atoms with Crippen molar-refractivity contribution in [3.63, 3.8) is 0 Å². The van der Waals surface area contributed by atoms with E-state index in [0.717, 1.165) is 10.9 Å². The van der Waals surface area contributed by atoms with Crippen LogP contribution in [0.5, 0.6) is 0 Å². The molecule has 3 aromatic rings. The van der Waals surface area contributed by atoms with Crippen LogP contribution in [0, 0.1) is 0 Å². The Morgan fingerprint density at radius 1 is 1.05 bits per heavy atom. The number of furan rings is 1. The van der Waals surface area contributed by atoms with E-state index >= 15 is 0 Å². The lowest BCUT2D eigenvalue weighted by atomic mass is 10.2. The summed E-state index contributed by atoms with van der Waals surface area (Å²) >= 11 is 0. The molecule has 1 amide bonds. The number of para-hydroxylation sites is 1. The number of nitrogens with zero attached hydrogens (tertiary/aromatic N) is 1. The number of amides is 1. The first kappa shape index (κ1) is 14.1. The van der Waals surface area contributed by atoms with Crippen LogP contribution in [0.2, 0.25) is 0 Å². The minimum absolute atomic E-state index is 0.0886. The number of rotatable bonds is 5. The summed E-state index contributed by atoms with van der Waals surface area (Å²) in [6.45, 7) is 0.340. The van der Waals surface area contributed by atoms with Gasteiger partial charge in [-0.2, -0.15) is 0 Å². The van der Waals surface area contributed by atoms with Crippen LogP contribution in [0.1, 0.15) is 23.4 Å². The molecule has 3 rings (SSSR count). The first-order valence-electron chi connectivity index (χ1n) is 7.12. The molecule has 0 radical (unpaired) electrons. The quantitative estimate of drug-likeness (QED) is 0.787. The van der Waals surface area contributed by atoms with Gasteiger partial charge in [0.2, 0.25) is 11.8 Å². The van der Waals surface area contributed by atoms with Crippen LogP contribution in [0.25, 0.3) is 10.9 Å². The molecular formula is C17H16N2O3. The Balaban J connectivity index is 1.54. The summed E-state index contributed by atoms with van der Waals surface area (Å²) in [4.78, 5) is 24.0. The highest BCUT2D eigenvalue weighted by atomic mass is 16.3. The van der Waals surface area contributed by atoms with Crippen molar-refractivity contribution in [2.24, 2.45) is 0 Å². The summed E-state index contributed by atoms with van der Waals surface area (Å²) in [5.41, 5.74) is 0.864. The Morgan fingerprint density at radius 2 is 1.91 bits per heavy atom. The molecular weight excluding hydrogens is 280 g/mol. The van der Waals surface area contributed by atoms with Crippen molar-refractivity contribution in [3.05, 3.63) is 60.7 Å². The van der Waals surface area contributed by atoms with Crippen molar-refractivity contribution in [1.29, 1.82) is 0 Å². The third-order valence-corrected chi connectivity index (χ3v) is 3.47. The topological polar surface area (TPSA) is 64.2 Å². The van der Waals surface area contributed by atoms with E-state index in [4.69, 9.17) is 4.42 Å². The second-order valence-corrected chi connectivity index (χ2v) is 4.99. The van der Waals surface area contributed by atoms with Gasteiger partial charge in [0.05, 0.1) is 18.3 Å². The molecule has 5 nitrogen and oxygen atoms in total. The summed E-state index contributed by atoms with van der Waals surface area (Å²) in [5, 5.41) is 3.74. The molecule has 1 N–H and O–H groups in total. The first-order chi connectivity index (χ1) is 10.7. The molecule has 0 aliphatic heterocycles. The Bertz CT molecular complexity index is 787. The maximum Gasteiger partial charge on any atom is 0.231 e. The summed E-state index contributed by atoms with van der Waals surface area (Å²) in [5.74, 6) is 0.437. The monoisotopic (exact) mass is 296 g/mol. The van der Waals surface area contributed by atoms with Crippen LogP contribution in [0.15, 0.2) is 59.3 Å². The van der Waals surface area contributed by atoms with Crippen LogP contribution < -0.4 is 5.32 Å². The molecule has 0 saturated carbocycles. The zero-order chi connectivity index (χ0) is 15.4. The van der Waals surface area contributed by atoms with E-state index in [9.17, 15) is 9.59 Å². The number of aromatic nitrogens is 1. The first-order valence-corrected chi connectivity index (χ1v) is 7.12. The fourth-order valence-electron chi connectivity index (χ4n) is 2.33. The minimum atomic E-state index is -0.166. The highest BCUT2D eigenvalue weighted by Crippen LogP contribution is 2.15. The summed E-state index contributed by atoms with van der Waals surface area (Å²) in [6.07, 6.45) is 3.63. The van der Waals surface area contributed by atoms with Crippen LogP contribution in [0.3, 0.4) is 0 Å². The molecule has 0 saturated heterocycles. The zero-order valence-electron chi connectivity index (χ0n) is 12.0. The summed E-state index contributed by atoms with van der Waals surface area (Å²) < 4.78 is 6.72. The Hall–Kier alpha value is -2.82. The van der Waals surface area contributed by atoms with E-state index in [1.807, 2.05) is 30.3 Å². The molecule has 2 heterocycles. The van der Waals surface area contributed by atoms with Gasteiger partial charge in [-0.25, -0.2) is 0 Å². The third kappa shape index (κ3) is 3.09.